The molecule has 9 rings (SSSR count). The monoisotopic (exact) mass is 534 g/mol. The number of nitrogens with zero attached hydrogens (tertiary/aromatic N) is 4. The summed E-state index contributed by atoms with van der Waals surface area (Å²) in [4.78, 5) is 47.3. The fourth-order valence-corrected chi connectivity index (χ4v) is 8.02. The summed E-state index contributed by atoms with van der Waals surface area (Å²) in [7, 11) is 0. The van der Waals surface area contributed by atoms with Gasteiger partial charge in [0.1, 0.15) is 11.2 Å². The number of carbonyl (C=O) groups excluding carboxylic acids is 3. The Labute approximate surface area is 226 Å². The van der Waals surface area contributed by atoms with E-state index in [9.17, 15) is 14.4 Å². The largest absolute Gasteiger partial charge is 0.294 e. The fraction of sp³-hybridized carbons (Fsp3) is 0.138. The van der Waals surface area contributed by atoms with Gasteiger partial charge < -0.3 is 0 Å². The van der Waals surface area contributed by atoms with Gasteiger partial charge in [0.05, 0.1) is 11.8 Å². The molecule has 2 bridgehead atoms. The molecule has 2 aliphatic heterocycles. The molecule has 2 unspecified atom stereocenters. The molecule has 9 heteroatoms. The van der Waals surface area contributed by atoms with Gasteiger partial charge in [-0.2, -0.15) is 10.0 Å². The second-order valence-electron chi connectivity index (χ2n) is 9.84. The lowest BCUT2D eigenvalue weighted by molar-refractivity contribution is -0.169. The molecule has 184 valence electrons. The van der Waals surface area contributed by atoms with Crippen molar-refractivity contribution in [3.63, 3.8) is 0 Å². The fourth-order valence-electron chi connectivity index (χ4n) is 6.71. The minimum atomic E-state index is -0.684. The van der Waals surface area contributed by atoms with Crippen molar-refractivity contribution in [3.05, 3.63) is 110 Å². The number of aliphatic imine (C=N–C) groups is 1. The van der Waals surface area contributed by atoms with Gasteiger partial charge in [0.2, 0.25) is 0 Å². The van der Waals surface area contributed by atoms with Crippen molar-refractivity contribution in [3.8, 4) is 5.69 Å². The van der Waals surface area contributed by atoms with Crippen LogP contribution in [0.1, 0.15) is 43.8 Å². The van der Waals surface area contributed by atoms with Crippen molar-refractivity contribution in [2.24, 2.45) is 16.8 Å². The molecular weight excluding hydrogens is 516 g/mol. The van der Waals surface area contributed by atoms with E-state index in [0.717, 1.165) is 49.3 Å². The van der Waals surface area contributed by atoms with Gasteiger partial charge in [-0.3, -0.25) is 19.0 Å². The van der Waals surface area contributed by atoms with Crippen LogP contribution < -0.4 is 0 Å². The van der Waals surface area contributed by atoms with Gasteiger partial charge in [-0.1, -0.05) is 78.1 Å². The van der Waals surface area contributed by atoms with Gasteiger partial charge in [0, 0.05) is 17.5 Å². The zero-order valence-corrected chi connectivity index (χ0v) is 21.4. The van der Waals surface area contributed by atoms with E-state index in [2.05, 4.69) is 17.1 Å². The highest BCUT2D eigenvalue weighted by Gasteiger charge is 2.61. The zero-order chi connectivity index (χ0) is 25.7. The van der Waals surface area contributed by atoms with E-state index in [1.54, 1.807) is 4.57 Å². The molecule has 1 fully saturated rings. The molecule has 3 aliphatic carbocycles. The van der Waals surface area contributed by atoms with E-state index in [-0.39, 0.29) is 28.5 Å². The third-order valence-corrected chi connectivity index (χ3v) is 9.49. The van der Waals surface area contributed by atoms with E-state index < -0.39 is 17.7 Å². The lowest BCUT2D eigenvalue weighted by Gasteiger charge is -2.53. The summed E-state index contributed by atoms with van der Waals surface area (Å²) in [5.74, 6) is -2.83. The van der Waals surface area contributed by atoms with Crippen LogP contribution in [0.5, 0.6) is 0 Å². The Morgan fingerprint density at radius 1 is 0.711 bits per heavy atom. The minimum Gasteiger partial charge on any atom is -0.275 e. The number of hydrogen-bond donors (Lipinski definition) is 0. The van der Waals surface area contributed by atoms with Gasteiger partial charge in [-0.05, 0) is 46.6 Å². The molecule has 4 aromatic rings. The minimum absolute atomic E-state index is 0.235. The van der Waals surface area contributed by atoms with Gasteiger partial charge in [0.25, 0.3) is 17.7 Å². The quantitative estimate of drug-likeness (QED) is 0.249. The maximum absolute atomic E-state index is 14.3. The van der Waals surface area contributed by atoms with Crippen LogP contribution in [0, 0.1) is 15.8 Å². The molecule has 0 radical (unpaired) electrons. The summed E-state index contributed by atoms with van der Waals surface area (Å²) < 4.78 is 2.15. The number of rotatable bonds is 1. The Balaban J connectivity index is 1.32. The van der Waals surface area contributed by atoms with E-state index in [1.807, 2.05) is 66.7 Å². The molecule has 38 heavy (non-hydrogen) atoms. The first kappa shape index (κ1) is 21.8. The lowest BCUT2D eigenvalue weighted by atomic mass is 9.53. The van der Waals surface area contributed by atoms with Crippen LogP contribution in [0.25, 0.3) is 5.69 Å². The Hall–Kier alpha value is -4.21. The van der Waals surface area contributed by atoms with Crippen LogP contribution in [0.3, 0.4) is 0 Å². The first-order valence-electron chi connectivity index (χ1n) is 12.3. The third-order valence-electron chi connectivity index (χ3n) is 8.13. The average molecular weight is 535 g/mol. The Bertz CT molecular complexity index is 1760. The molecule has 0 spiro atoms. The first-order chi connectivity index (χ1) is 18.6. The normalized spacial score (nSPS) is 24.4. The summed E-state index contributed by atoms with van der Waals surface area (Å²) in [5.41, 5.74) is 5.00. The van der Waals surface area contributed by atoms with Crippen molar-refractivity contribution in [2.45, 2.75) is 11.8 Å². The molecule has 0 saturated carbocycles. The Morgan fingerprint density at radius 3 is 1.82 bits per heavy atom. The average Bonchev–Trinajstić information content (AvgIpc) is 3.22. The molecule has 7 nitrogen and oxygen atoms in total. The van der Waals surface area contributed by atoms with Gasteiger partial charge in [-0.25, -0.2) is 4.99 Å². The highest BCUT2D eigenvalue weighted by Crippen LogP contribution is 2.60. The van der Waals surface area contributed by atoms with E-state index >= 15 is 0 Å². The lowest BCUT2D eigenvalue weighted by Crippen LogP contribution is -2.65. The molecule has 1 saturated heterocycles. The van der Waals surface area contributed by atoms with Crippen molar-refractivity contribution >= 4 is 53.4 Å². The smallest absolute Gasteiger partial charge is 0.275 e. The van der Waals surface area contributed by atoms with Gasteiger partial charge >= 0.3 is 0 Å². The van der Waals surface area contributed by atoms with Gasteiger partial charge in [-0.15, -0.1) is 0 Å². The van der Waals surface area contributed by atoms with Crippen LogP contribution in [0.2, 0.25) is 0 Å². The molecule has 3 aromatic carbocycles. The van der Waals surface area contributed by atoms with Crippen molar-refractivity contribution in [2.75, 3.05) is 0 Å². The van der Waals surface area contributed by atoms with Crippen molar-refractivity contribution in [1.29, 1.82) is 0 Å². The number of benzene rings is 3. The van der Waals surface area contributed by atoms with Crippen molar-refractivity contribution < 1.29 is 14.4 Å². The zero-order valence-electron chi connectivity index (χ0n) is 19.7. The number of para-hydroxylation sites is 1. The highest BCUT2D eigenvalue weighted by molar-refractivity contribution is 7.73. The van der Waals surface area contributed by atoms with E-state index in [1.165, 1.54) is 6.34 Å². The second kappa shape index (κ2) is 7.66. The number of hydrogen-bond acceptors (Lipinski definition) is 6. The number of fused-ring (bicyclic) bond motifs is 2. The second-order valence-corrected chi connectivity index (χ2v) is 11.5. The topological polar surface area (TPSA) is 75.0 Å². The number of amides is 3. The van der Waals surface area contributed by atoms with Gasteiger partial charge in [0.15, 0.2) is 9.77 Å². The Morgan fingerprint density at radius 2 is 1.24 bits per heavy atom. The Kier molecular flexibility index (Phi) is 4.40. The highest BCUT2D eigenvalue weighted by atomic mass is 32.1. The summed E-state index contributed by atoms with van der Waals surface area (Å²) in [6.07, 6.45) is 1.31. The molecular formula is C29H18N4O3S2. The van der Waals surface area contributed by atoms with Crippen LogP contribution in [-0.4, -0.2) is 38.6 Å². The van der Waals surface area contributed by atoms with Crippen LogP contribution in [0.4, 0.5) is 5.82 Å². The number of hydrazine groups is 1. The molecule has 1 aromatic heterocycles. The summed E-state index contributed by atoms with van der Waals surface area (Å²) in [6.45, 7) is 0. The molecule has 0 N–H and O–H groups in total. The summed E-state index contributed by atoms with van der Waals surface area (Å²) in [6, 6.07) is 25.5. The third kappa shape index (κ3) is 2.64. The molecule has 3 heterocycles. The SMILES string of the molecule is O=C1C2C3c4ccccc4C(c4ccccc43)C2C(=O)N2C(=O)c3sc(=S)n(-c4ccccc4)c3N=CN12. The van der Waals surface area contributed by atoms with Crippen molar-refractivity contribution in [1.82, 2.24) is 14.6 Å². The van der Waals surface area contributed by atoms with E-state index in [0.29, 0.717) is 9.77 Å². The van der Waals surface area contributed by atoms with E-state index in [4.69, 9.17) is 12.2 Å². The number of imide groups is 1. The maximum atomic E-state index is 14.3. The van der Waals surface area contributed by atoms with Crippen LogP contribution >= 0.6 is 23.6 Å². The standard InChI is InChI=1S/C29H18N4O3S2/c34-26-22-20-16-10-4-6-12-18(16)21(19-13-7-5-11-17(19)20)23(22)27(35)33-28(36)24-25(30-14-31(26)33)32(29(37)38-24)15-8-2-1-3-9-15/h1-14,20-23H. The molecule has 5 aliphatic rings. The first-order valence-corrected chi connectivity index (χ1v) is 13.5. The number of thiazole rings is 1. The number of carbonyl (C=O) groups is 3. The predicted molar refractivity (Wildman–Crippen MR) is 144 cm³/mol. The van der Waals surface area contributed by atoms with Crippen LogP contribution in [0.15, 0.2) is 83.9 Å². The molecule has 3 amide bonds. The summed E-state index contributed by atoms with van der Waals surface area (Å²) >= 11 is 6.69. The number of aromatic nitrogens is 1. The van der Waals surface area contributed by atoms with Crippen LogP contribution in [-0.2, 0) is 9.59 Å². The predicted octanol–water partition coefficient (Wildman–Crippen LogP) is 5.19. The molecule has 2 atom stereocenters. The summed E-state index contributed by atoms with van der Waals surface area (Å²) in [5, 5.41) is 2.12. The maximum Gasteiger partial charge on any atom is 0.294 e.